The van der Waals surface area contributed by atoms with E-state index in [0.717, 1.165) is 11.8 Å². The normalized spacial score (nSPS) is 12.7. The van der Waals surface area contributed by atoms with Crippen molar-refractivity contribution in [2.24, 2.45) is 7.05 Å². The first kappa shape index (κ1) is 12.7. The number of rotatable bonds is 4. The highest BCUT2D eigenvalue weighted by atomic mass is 19.1. The summed E-state index contributed by atoms with van der Waals surface area (Å²) in [6.07, 6.45) is 3.95. The third kappa shape index (κ3) is 2.73. The van der Waals surface area contributed by atoms with Crippen molar-refractivity contribution in [1.82, 2.24) is 14.9 Å². The summed E-state index contributed by atoms with van der Waals surface area (Å²) < 4.78 is 28.1. The molecule has 0 fully saturated rings. The molecule has 18 heavy (non-hydrogen) atoms. The van der Waals surface area contributed by atoms with Gasteiger partial charge in [0.05, 0.1) is 18.1 Å². The molecule has 5 heteroatoms. The van der Waals surface area contributed by atoms with Gasteiger partial charge in [0.2, 0.25) is 0 Å². The number of halogens is 2. The van der Waals surface area contributed by atoms with Gasteiger partial charge in [0.1, 0.15) is 11.6 Å². The average Bonchev–Trinajstić information content (AvgIpc) is 2.71. The molecule has 0 aliphatic heterocycles. The van der Waals surface area contributed by atoms with Crippen LogP contribution in [0.15, 0.2) is 30.7 Å². The number of nitrogens with one attached hydrogen (secondary N) is 1. The van der Waals surface area contributed by atoms with Crippen LogP contribution in [0, 0.1) is 11.6 Å². The highest BCUT2D eigenvalue weighted by Crippen LogP contribution is 2.18. The standard InChI is InChI=1S/C13H15F2N3/c1-16-12(13-7-17-8-18(13)2)5-9-3-10(14)6-11(15)4-9/h3-4,6-8,12,16H,5H2,1-2H3. The van der Waals surface area contributed by atoms with E-state index in [-0.39, 0.29) is 6.04 Å². The highest BCUT2D eigenvalue weighted by molar-refractivity contribution is 5.21. The van der Waals surface area contributed by atoms with Crippen LogP contribution in [-0.2, 0) is 13.5 Å². The first-order chi connectivity index (χ1) is 8.60. The van der Waals surface area contributed by atoms with E-state index in [1.54, 1.807) is 12.5 Å². The summed E-state index contributed by atoms with van der Waals surface area (Å²) in [7, 11) is 3.70. The number of hydrogen-bond acceptors (Lipinski definition) is 2. The first-order valence-corrected chi connectivity index (χ1v) is 5.68. The molecule has 2 aromatic rings. The van der Waals surface area contributed by atoms with Gasteiger partial charge in [0.15, 0.2) is 0 Å². The summed E-state index contributed by atoms with van der Waals surface area (Å²) in [5.41, 5.74) is 1.59. The Kier molecular flexibility index (Phi) is 3.72. The van der Waals surface area contributed by atoms with Gasteiger partial charge in [-0.05, 0) is 31.2 Å². The molecule has 3 nitrogen and oxygen atoms in total. The van der Waals surface area contributed by atoms with E-state index in [2.05, 4.69) is 10.3 Å². The first-order valence-electron chi connectivity index (χ1n) is 5.68. The van der Waals surface area contributed by atoms with Gasteiger partial charge < -0.3 is 9.88 Å². The third-order valence-corrected chi connectivity index (χ3v) is 2.92. The number of likely N-dealkylation sites (N-methyl/N-ethyl adjacent to an activating group) is 1. The molecule has 0 amide bonds. The van der Waals surface area contributed by atoms with E-state index < -0.39 is 11.6 Å². The fraction of sp³-hybridized carbons (Fsp3) is 0.308. The van der Waals surface area contributed by atoms with Crippen LogP contribution < -0.4 is 5.32 Å². The van der Waals surface area contributed by atoms with Crippen molar-refractivity contribution in [3.63, 3.8) is 0 Å². The van der Waals surface area contributed by atoms with Gasteiger partial charge >= 0.3 is 0 Å². The van der Waals surface area contributed by atoms with Crippen molar-refractivity contribution >= 4 is 0 Å². The van der Waals surface area contributed by atoms with Gasteiger partial charge in [-0.25, -0.2) is 13.8 Å². The van der Waals surface area contributed by atoms with E-state index in [1.807, 2.05) is 18.7 Å². The minimum Gasteiger partial charge on any atom is -0.336 e. The Morgan fingerprint density at radius 3 is 2.44 bits per heavy atom. The Balaban J connectivity index is 2.23. The molecule has 0 aliphatic rings. The summed E-state index contributed by atoms with van der Waals surface area (Å²) in [5, 5.41) is 3.13. The molecule has 96 valence electrons. The van der Waals surface area contributed by atoms with E-state index in [0.29, 0.717) is 12.0 Å². The zero-order valence-electron chi connectivity index (χ0n) is 10.3. The molecular weight excluding hydrogens is 236 g/mol. The van der Waals surface area contributed by atoms with Gasteiger partial charge in [0.25, 0.3) is 0 Å². The number of hydrogen-bond donors (Lipinski definition) is 1. The Labute approximate surface area is 104 Å². The van der Waals surface area contributed by atoms with E-state index >= 15 is 0 Å². The Bertz CT molecular complexity index is 517. The van der Waals surface area contributed by atoms with E-state index in [4.69, 9.17) is 0 Å². The van der Waals surface area contributed by atoms with E-state index in [9.17, 15) is 8.78 Å². The fourth-order valence-corrected chi connectivity index (χ4v) is 2.02. The Morgan fingerprint density at radius 1 is 1.28 bits per heavy atom. The predicted molar refractivity (Wildman–Crippen MR) is 65.1 cm³/mol. The lowest BCUT2D eigenvalue weighted by Crippen LogP contribution is -2.21. The molecular formula is C13H15F2N3. The SMILES string of the molecule is CNC(Cc1cc(F)cc(F)c1)c1cncn1C. The molecule has 0 saturated heterocycles. The quantitative estimate of drug-likeness (QED) is 0.902. The predicted octanol–water partition coefficient (Wildman–Crippen LogP) is 2.20. The largest absolute Gasteiger partial charge is 0.336 e. The second-order valence-corrected chi connectivity index (χ2v) is 4.25. The maximum Gasteiger partial charge on any atom is 0.126 e. The van der Waals surface area contributed by atoms with Gasteiger partial charge in [-0.15, -0.1) is 0 Å². The van der Waals surface area contributed by atoms with Crippen LogP contribution in [0.2, 0.25) is 0 Å². The lowest BCUT2D eigenvalue weighted by molar-refractivity contribution is 0.542. The number of aryl methyl sites for hydroxylation is 1. The molecule has 1 heterocycles. The van der Waals surface area contributed by atoms with Gasteiger partial charge in [-0.1, -0.05) is 0 Å². The second kappa shape index (κ2) is 5.27. The third-order valence-electron chi connectivity index (χ3n) is 2.92. The van der Waals surface area contributed by atoms with Crippen molar-refractivity contribution < 1.29 is 8.78 Å². The molecule has 0 spiro atoms. The number of aromatic nitrogens is 2. The van der Waals surface area contributed by atoms with Crippen LogP contribution in [0.25, 0.3) is 0 Å². The molecule has 2 rings (SSSR count). The number of nitrogens with zero attached hydrogens (tertiary/aromatic N) is 2. The van der Waals surface area contributed by atoms with Crippen LogP contribution in [-0.4, -0.2) is 16.6 Å². The Morgan fingerprint density at radius 2 is 1.94 bits per heavy atom. The smallest absolute Gasteiger partial charge is 0.126 e. The van der Waals surface area contributed by atoms with Crippen molar-refractivity contribution in [1.29, 1.82) is 0 Å². The lowest BCUT2D eigenvalue weighted by Gasteiger charge is -2.16. The molecule has 0 radical (unpaired) electrons. The molecule has 1 unspecified atom stereocenters. The molecule has 0 aliphatic carbocycles. The van der Waals surface area contributed by atoms with Gasteiger partial charge in [-0.3, -0.25) is 0 Å². The number of imidazole rings is 1. The fourth-order valence-electron chi connectivity index (χ4n) is 2.02. The zero-order valence-corrected chi connectivity index (χ0v) is 10.3. The van der Waals surface area contributed by atoms with Crippen LogP contribution in [0.3, 0.4) is 0 Å². The van der Waals surface area contributed by atoms with Crippen molar-refractivity contribution in [2.45, 2.75) is 12.5 Å². The molecule has 1 aromatic carbocycles. The topological polar surface area (TPSA) is 29.9 Å². The summed E-state index contributed by atoms with van der Waals surface area (Å²) in [6, 6.07) is 3.55. The lowest BCUT2D eigenvalue weighted by atomic mass is 10.0. The summed E-state index contributed by atoms with van der Waals surface area (Å²) in [5.74, 6) is -1.10. The highest BCUT2D eigenvalue weighted by Gasteiger charge is 2.14. The van der Waals surface area contributed by atoms with Crippen molar-refractivity contribution in [3.8, 4) is 0 Å². The molecule has 0 saturated carbocycles. The Hall–Kier alpha value is -1.75. The van der Waals surface area contributed by atoms with Crippen molar-refractivity contribution in [2.75, 3.05) is 7.05 Å². The number of benzene rings is 1. The minimum atomic E-state index is -0.551. The summed E-state index contributed by atoms with van der Waals surface area (Å²) in [4.78, 5) is 4.04. The molecule has 1 aromatic heterocycles. The van der Waals surface area contributed by atoms with Gasteiger partial charge in [0, 0.05) is 19.3 Å². The van der Waals surface area contributed by atoms with Crippen molar-refractivity contribution in [3.05, 3.63) is 53.6 Å². The summed E-state index contributed by atoms with van der Waals surface area (Å²) in [6.45, 7) is 0. The van der Waals surface area contributed by atoms with Crippen LogP contribution in [0.4, 0.5) is 8.78 Å². The van der Waals surface area contributed by atoms with Crippen LogP contribution >= 0.6 is 0 Å². The summed E-state index contributed by atoms with van der Waals surface area (Å²) >= 11 is 0. The maximum absolute atomic E-state index is 13.1. The second-order valence-electron chi connectivity index (χ2n) is 4.25. The molecule has 1 atom stereocenters. The molecule has 1 N–H and O–H groups in total. The van der Waals surface area contributed by atoms with E-state index in [1.165, 1.54) is 12.1 Å². The average molecular weight is 251 g/mol. The molecule has 0 bridgehead atoms. The van der Waals surface area contributed by atoms with Crippen LogP contribution in [0.1, 0.15) is 17.3 Å². The van der Waals surface area contributed by atoms with Crippen LogP contribution in [0.5, 0.6) is 0 Å². The maximum atomic E-state index is 13.1. The van der Waals surface area contributed by atoms with Gasteiger partial charge in [-0.2, -0.15) is 0 Å². The monoisotopic (exact) mass is 251 g/mol. The zero-order chi connectivity index (χ0) is 13.1. The minimum absolute atomic E-state index is 0.0290.